The van der Waals surface area contributed by atoms with Crippen LogP contribution in [-0.2, 0) is 5.41 Å². The molecule has 17 heavy (non-hydrogen) atoms. The van der Waals surface area contributed by atoms with Crippen molar-refractivity contribution < 1.29 is 4.52 Å². The fourth-order valence-corrected chi connectivity index (χ4v) is 1.72. The minimum atomic E-state index is -0.440. The molecule has 0 aromatic carbocycles. The molecule has 2 N–H and O–H groups in total. The second kappa shape index (κ2) is 3.89. The summed E-state index contributed by atoms with van der Waals surface area (Å²) in [5.41, 5.74) is 7.05. The van der Waals surface area contributed by atoms with Crippen molar-refractivity contribution in [2.24, 2.45) is 5.73 Å². The average Bonchev–Trinajstić information content (AvgIpc) is 2.87. The fourth-order valence-electron chi connectivity index (χ4n) is 1.18. The van der Waals surface area contributed by atoms with E-state index in [4.69, 9.17) is 10.3 Å². The fraction of sp³-hybridized carbons (Fsp3) is 0.545. The lowest BCUT2D eigenvalue weighted by Gasteiger charge is -2.34. The molecule has 2 aromatic rings. The zero-order valence-corrected chi connectivity index (χ0v) is 11.2. The summed E-state index contributed by atoms with van der Waals surface area (Å²) < 4.78 is 5.32. The minimum Gasteiger partial charge on any atom is -0.338 e. The van der Waals surface area contributed by atoms with Crippen LogP contribution in [0.2, 0.25) is 0 Å². The molecule has 0 unspecified atom stereocenters. The van der Waals surface area contributed by atoms with E-state index in [0.717, 1.165) is 4.88 Å². The van der Waals surface area contributed by atoms with Crippen molar-refractivity contribution in [3.8, 4) is 10.7 Å². The van der Waals surface area contributed by atoms with Gasteiger partial charge in [0.15, 0.2) is 0 Å². The molecule has 6 heteroatoms. The van der Waals surface area contributed by atoms with E-state index in [1.165, 1.54) is 11.3 Å². The first-order valence-electron chi connectivity index (χ1n) is 5.34. The number of aromatic nitrogens is 3. The molecule has 92 valence electrons. The van der Waals surface area contributed by atoms with Crippen LogP contribution in [0.4, 0.5) is 0 Å². The van der Waals surface area contributed by atoms with Gasteiger partial charge >= 0.3 is 0 Å². The largest absolute Gasteiger partial charge is 0.338 e. The van der Waals surface area contributed by atoms with Crippen molar-refractivity contribution in [2.75, 3.05) is 0 Å². The molecule has 0 atom stereocenters. The highest BCUT2D eigenvalue weighted by Crippen LogP contribution is 2.33. The number of nitrogens with zero attached hydrogens (tertiary/aromatic N) is 3. The molecule has 5 nitrogen and oxygen atoms in total. The topological polar surface area (TPSA) is 77.8 Å². The second-order valence-corrected chi connectivity index (χ2v) is 6.02. The third-order valence-corrected chi connectivity index (χ3v) is 3.99. The molecule has 0 aliphatic rings. The summed E-state index contributed by atoms with van der Waals surface area (Å²) in [4.78, 5) is 9.29. The maximum Gasteiger partial charge on any atom is 0.234 e. The number of hydrogen-bond donors (Lipinski definition) is 1. The van der Waals surface area contributed by atoms with Gasteiger partial charge in [0.05, 0.1) is 15.8 Å². The van der Waals surface area contributed by atoms with Crippen LogP contribution < -0.4 is 5.73 Å². The van der Waals surface area contributed by atoms with E-state index in [0.29, 0.717) is 11.7 Å². The Hall–Kier alpha value is -1.27. The predicted octanol–water partition coefficient (Wildman–Crippen LogP) is 2.21. The Balaban J connectivity index is 2.37. The van der Waals surface area contributed by atoms with Gasteiger partial charge in [-0.15, -0.1) is 11.3 Å². The molecule has 0 spiro atoms. The van der Waals surface area contributed by atoms with E-state index in [-0.39, 0.29) is 5.41 Å². The van der Waals surface area contributed by atoms with Crippen LogP contribution in [0.1, 0.15) is 33.6 Å². The quantitative estimate of drug-likeness (QED) is 0.906. The van der Waals surface area contributed by atoms with E-state index in [1.807, 2.05) is 27.7 Å². The van der Waals surface area contributed by atoms with E-state index in [2.05, 4.69) is 15.1 Å². The molecule has 0 bridgehead atoms. The molecule has 2 rings (SSSR count). The van der Waals surface area contributed by atoms with Crippen molar-refractivity contribution in [1.29, 1.82) is 0 Å². The molecular weight excluding hydrogens is 236 g/mol. The molecule has 0 fully saturated rings. The van der Waals surface area contributed by atoms with Gasteiger partial charge in [-0.1, -0.05) is 5.16 Å². The van der Waals surface area contributed by atoms with Gasteiger partial charge in [-0.05, 0) is 27.7 Å². The molecule has 0 saturated carbocycles. The molecule has 0 saturated heterocycles. The summed E-state index contributed by atoms with van der Waals surface area (Å²) in [6, 6.07) is 0. The highest BCUT2D eigenvalue weighted by atomic mass is 32.1. The second-order valence-electron chi connectivity index (χ2n) is 5.14. The number of hydrogen-bond acceptors (Lipinski definition) is 6. The first-order chi connectivity index (χ1) is 7.82. The molecular formula is C11H16N4OS. The normalized spacial score (nSPS) is 13.0. The Morgan fingerprint density at radius 1 is 1.29 bits per heavy atom. The predicted molar refractivity (Wildman–Crippen MR) is 66.7 cm³/mol. The van der Waals surface area contributed by atoms with Gasteiger partial charge in [0.2, 0.25) is 11.7 Å². The van der Waals surface area contributed by atoms with Crippen molar-refractivity contribution in [1.82, 2.24) is 15.1 Å². The van der Waals surface area contributed by atoms with Gasteiger partial charge in [0.1, 0.15) is 0 Å². The zero-order valence-electron chi connectivity index (χ0n) is 10.4. The van der Waals surface area contributed by atoms with Crippen LogP contribution in [0, 0.1) is 0 Å². The summed E-state index contributed by atoms with van der Waals surface area (Å²) in [6.07, 6.45) is 1.72. The molecule has 0 radical (unpaired) electrons. The number of rotatable bonds is 3. The smallest absolute Gasteiger partial charge is 0.234 e. The van der Waals surface area contributed by atoms with Crippen LogP contribution in [0.5, 0.6) is 0 Å². The average molecular weight is 252 g/mol. The summed E-state index contributed by atoms with van der Waals surface area (Å²) in [7, 11) is 0. The first kappa shape index (κ1) is 12.2. The summed E-state index contributed by atoms with van der Waals surface area (Å²) >= 11 is 1.48. The highest BCUT2D eigenvalue weighted by molar-refractivity contribution is 7.13. The summed E-state index contributed by atoms with van der Waals surface area (Å²) in [6.45, 7) is 7.89. The monoisotopic (exact) mass is 252 g/mol. The van der Waals surface area contributed by atoms with Crippen molar-refractivity contribution >= 4 is 11.3 Å². The van der Waals surface area contributed by atoms with Gasteiger partial charge in [0.25, 0.3) is 0 Å². The third kappa shape index (κ3) is 2.10. The Morgan fingerprint density at radius 3 is 2.53 bits per heavy atom. The van der Waals surface area contributed by atoms with Crippen LogP contribution in [0.25, 0.3) is 10.7 Å². The number of thiazole rings is 1. The Morgan fingerprint density at radius 2 is 2.00 bits per heavy atom. The molecule has 2 heterocycles. The van der Waals surface area contributed by atoms with Gasteiger partial charge in [-0.25, -0.2) is 0 Å². The lowest BCUT2D eigenvalue weighted by molar-refractivity contribution is 0.223. The lowest BCUT2D eigenvalue weighted by Crippen LogP contribution is -2.50. The minimum absolute atomic E-state index is 0.386. The highest BCUT2D eigenvalue weighted by Gasteiger charge is 2.40. The van der Waals surface area contributed by atoms with Gasteiger partial charge in [0, 0.05) is 11.7 Å². The zero-order chi connectivity index (χ0) is 12.7. The van der Waals surface area contributed by atoms with Gasteiger partial charge in [-0.2, -0.15) is 4.98 Å². The summed E-state index contributed by atoms with van der Waals surface area (Å²) in [5.74, 6) is 1.12. The first-order valence-corrected chi connectivity index (χ1v) is 6.22. The van der Waals surface area contributed by atoms with Crippen molar-refractivity contribution in [3.63, 3.8) is 0 Å². The van der Waals surface area contributed by atoms with E-state index >= 15 is 0 Å². The van der Waals surface area contributed by atoms with Crippen molar-refractivity contribution in [2.45, 2.75) is 38.6 Å². The summed E-state index contributed by atoms with van der Waals surface area (Å²) in [5, 5.41) is 3.97. The molecule has 0 aliphatic carbocycles. The van der Waals surface area contributed by atoms with Crippen LogP contribution in [0.3, 0.4) is 0 Å². The number of nitrogens with two attached hydrogens (primary N) is 1. The van der Waals surface area contributed by atoms with E-state index < -0.39 is 5.54 Å². The maximum atomic E-state index is 6.14. The van der Waals surface area contributed by atoms with Crippen LogP contribution in [-0.4, -0.2) is 20.7 Å². The van der Waals surface area contributed by atoms with Gasteiger partial charge < -0.3 is 10.3 Å². The standard InChI is InChI=1S/C11H16N4OS/c1-10(2,11(3,4)12)9-14-8(15-16-9)7-5-13-6-17-7/h5-6H,12H2,1-4H3. The Labute approximate surface area is 104 Å². The van der Waals surface area contributed by atoms with Crippen molar-refractivity contribution in [3.05, 3.63) is 17.6 Å². The Kier molecular flexibility index (Phi) is 2.79. The van der Waals surface area contributed by atoms with Crippen LogP contribution >= 0.6 is 11.3 Å². The Bertz CT molecular complexity index is 496. The molecule has 0 amide bonds. The molecule has 0 aliphatic heterocycles. The van der Waals surface area contributed by atoms with E-state index in [1.54, 1.807) is 11.7 Å². The molecule has 2 aromatic heterocycles. The lowest BCUT2D eigenvalue weighted by atomic mass is 9.75. The maximum absolute atomic E-state index is 6.14. The van der Waals surface area contributed by atoms with Crippen LogP contribution in [0.15, 0.2) is 16.2 Å². The van der Waals surface area contributed by atoms with Gasteiger partial charge in [-0.3, -0.25) is 4.98 Å². The SMILES string of the molecule is CC(C)(N)C(C)(C)c1nc(-c2cncs2)no1. The third-order valence-electron chi connectivity index (χ3n) is 3.22. The van der Waals surface area contributed by atoms with E-state index in [9.17, 15) is 0 Å².